The third kappa shape index (κ3) is 3.03. The van der Waals surface area contributed by atoms with Crippen LogP contribution in [0.4, 0.5) is 0 Å². The summed E-state index contributed by atoms with van der Waals surface area (Å²) in [6.07, 6.45) is 7.71. The van der Waals surface area contributed by atoms with Gasteiger partial charge in [-0.1, -0.05) is 26.2 Å². The molecule has 0 aliphatic heterocycles. The Morgan fingerprint density at radius 1 is 1.40 bits per heavy atom. The van der Waals surface area contributed by atoms with Crippen molar-refractivity contribution in [1.82, 2.24) is 0 Å². The molecular formula is C16H26Cl2O2. The van der Waals surface area contributed by atoms with Crippen LogP contribution in [-0.2, 0) is 9.53 Å². The number of Topliss-reactive ketones (excluding diaryl/α,β-unsaturated/α-hetero) is 1. The minimum atomic E-state index is -0.719. The largest absolute Gasteiger partial charge is 0.379 e. The summed E-state index contributed by atoms with van der Waals surface area (Å²) in [6, 6.07) is 0. The van der Waals surface area contributed by atoms with Gasteiger partial charge in [0.1, 0.15) is 4.87 Å². The highest BCUT2D eigenvalue weighted by molar-refractivity contribution is 6.44. The molecule has 2 aliphatic carbocycles. The van der Waals surface area contributed by atoms with E-state index in [1.165, 1.54) is 12.8 Å². The molecule has 5 unspecified atom stereocenters. The van der Waals surface area contributed by atoms with Crippen molar-refractivity contribution in [2.75, 3.05) is 6.61 Å². The van der Waals surface area contributed by atoms with E-state index in [0.29, 0.717) is 24.4 Å². The summed E-state index contributed by atoms with van der Waals surface area (Å²) in [5, 5.41) is -0.160. The number of alkyl halides is 2. The predicted molar refractivity (Wildman–Crippen MR) is 83.6 cm³/mol. The highest BCUT2D eigenvalue weighted by Gasteiger charge is 2.64. The first-order chi connectivity index (χ1) is 9.53. The van der Waals surface area contributed by atoms with Gasteiger partial charge in [0, 0.05) is 13.0 Å². The summed E-state index contributed by atoms with van der Waals surface area (Å²) < 4.78 is 5.67. The van der Waals surface area contributed by atoms with Crippen molar-refractivity contribution < 1.29 is 9.53 Å². The molecule has 0 spiro atoms. The van der Waals surface area contributed by atoms with Gasteiger partial charge >= 0.3 is 0 Å². The molecule has 2 aliphatic rings. The molecule has 0 saturated heterocycles. The lowest BCUT2D eigenvalue weighted by Crippen LogP contribution is -2.54. The SMILES string of the molecule is CCOC(CC)CCCCC1CC(Cl)C2(Cl)C(=O)CC12. The predicted octanol–water partition coefficient (Wildman–Crippen LogP) is 4.56. The second-order valence-electron chi connectivity index (χ2n) is 6.24. The topological polar surface area (TPSA) is 26.3 Å². The average molecular weight is 321 g/mol. The number of hydrogen-bond donors (Lipinski definition) is 0. The van der Waals surface area contributed by atoms with Gasteiger partial charge in [-0.05, 0) is 38.0 Å². The van der Waals surface area contributed by atoms with Crippen LogP contribution < -0.4 is 0 Å². The molecular weight excluding hydrogens is 295 g/mol. The van der Waals surface area contributed by atoms with Crippen LogP contribution in [-0.4, -0.2) is 28.7 Å². The van der Waals surface area contributed by atoms with Gasteiger partial charge in [0.25, 0.3) is 0 Å². The molecule has 2 fully saturated rings. The van der Waals surface area contributed by atoms with Crippen molar-refractivity contribution in [1.29, 1.82) is 0 Å². The Bertz CT molecular complexity index is 347. The molecule has 0 N–H and O–H groups in total. The Kier molecular flexibility index (Phi) is 5.79. The first kappa shape index (κ1) is 16.6. The number of fused-ring (bicyclic) bond motifs is 1. The molecule has 2 saturated carbocycles. The van der Waals surface area contributed by atoms with Crippen molar-refractivity contribution in [3.05, 3.63) is 0 Å². The highest BCUT2D eigenvalue weighted by Crippen LogP contribution is 2.58. The zero-order valence-electron chi connectivity index (χ0n) is 12.5. The number of ether oxygens (including phenoxy) is 1. The van der Waals surface area contributed by atoms with E-state index in [2.05, 4.69) is 13.8 Å². The molecule has 0 heterocycles. The molecule has 5 atom stereocenters. The first-order valence-corrected chi connectivity index (χ1v) is 8.83. The molecule has 0 aromatic carbocycles. The minimum absolute atomic E-state index is 0.160. The van der Waals surface area contributed by atoms with Crippen LogP contribution in [0.15, 0.2) is 0 Å². The number of ketones is 1. The van der Waals surface area contributed by atoms with Crippen LogP contribution in [0.25, 0.3) is 0 Å². The van der Waals surface area contributed by atoms with Gasteiger partial charge < -0.3 is 4.74 Å². The van der Waals surface area contributed by atoms with Gasteiger partial charge in [0.2, 0.25) is 0 Å². The van der Waals surface area contributed by atoms with Crippen LogP contribution in [0.5, 0.6) is 0 Å². The third-order valence-electron chi connectivity index (χ3n) is 5.12. The molecule has 2 rings (SSSR count). The van der Waals surface area contributed by atoms with Crippen LogP contribution in [0.1, 0.15) is 58.8 Å². The summed E-state index contributed by atoms with van der Waals surface area (Å²) in [4.78, 5) is 11.0. The maximum absolute atomic E-state index is 11.7. The highest BCUT2D eigenvalue weighted by atomic mass is 35.5. The van der Waals surface area contributed by atoms with E-state index >= 15 is 0 Å². The lowest BCUT2D eigenvalue weighted by molar-refractivity contribution is -0.131. The number of hydrogen-bond acceptors (Lipinski definition) is 2. The normalized spacial score (nSPS) is 37.6. The Balaban J connectivity index is 1.70. The molecule has 0 aromatic rings. The first-order valence-electron chi connectivity index (χ1n) is 8.01. The van der Waals surface area contributed by atoms with Gasteiger partial charge in [-0.2, -0.15) is 0 Å². The zero-order valence-corrected chi connectivity index (χ0v) is 14.1. The molecule has 0 amide bonds. The maximum atomic E-state index is 11.7. The number of unbranched alkanes of at least 4 members (excludes halogenated alkanes) is 1. The van der Waals surface area contributed by atoms with E-state index in [0.717, 1.165) is 32.3 Å². The summed E-state index contributed by atoms with van der Waals surface area (Å²) in [7, 11) is 0. The third-order valence-corrected chi connectivity index (χ3v) is 6.50. The fourth-order valence-electron chi connectivity index (χ4n) is 3.84. The minimum Gasteiger partial charge on any atom is -0.379 e. The molecule has 0 radical (unpaired) electrons. The van der Waals surface area contributed by atoms with E-state index in [1.807, 2.05) is 0 Å². The standard InChI is InChI=1S/C16H26Cl2O2/c1-3-12(20-4-2)8-6-5-7-11-9-14(17)16(18)13(11)10-15(16)19/h11-14H,3-10H2,1-2H3. The van der Waals surface area contributed by atoms with Gasteiger partial charge in [0.15, 0.2) is 5.78 Å². The molecule has 0 bridgehead atoms. The van der Waals surface area contributed by atoms with E-state index in [4.69, 9.17) is 27.9 Å². The van der Waals surface area contributed by atoms with Crippen LogP contribution >= 0.6 is 23.2 Å². The monoisotopic (exact) mass is 320 g/mol. The summed E-state index contributed by atoms with van der Waals surface area (Å²) in [5.41, 5.74) is 0. The summed E-state index contributed by atoms with van der Waals surface area (Å²) in [5.74, 6) is 1.03. The molecule has 116 valence electrons. The van der Waals surface area contributed by atoms with Crippen molar-refractivity contribution in [3.63, 3.8) is 0 Å². The van der Waals surface area contributed by atoms with Crippen LogP contribution in [0.3, 0.4) is 0 Å². The van der Waals surface area contributed by atoms with E-state index in [9.17, 15) is 4.79 Å². The van der Waals surface area contributed by atoms with Gasteiger partial charge in [-0.15, -0.1) is 23.2 Å². The number of carbonyl (C=O) groups is 1. The fraction of sp³-hybridized carbons (Fsp3) is 0.938. The Labute approximate surface area is 132 Å². The lowest BCUT2D eigenvalue weighted by Gasteiger charge is -2.41. The fourth-order valence-corrected chi connectivity index (χ4v) is 4.77. The molecule has 4 heteroatoms. The zero-order chi connectivity index (χ0) is 14.8. The lowest BCUT2D eigenvalue weighted by atomic mass is 9.69. The average Bonchev–Trinajstić information content (AvgIpc) is 2.63. The van der Waals surface area contributed by atoms with Gasteiger partial charge in [0.05, 0.1) is 11.5 Å². The van der Waals surface area contributed by atoms with E-state index in [-0.39, 0.29) is 11.2 Å². The van der Waals surface area contributed by atoms with Gasteiger partial charge in [-0.3, -0.25) is 4.79 Å². The second kappa shape index (κ2) is 6.98. The smallest absolute Gasteiger partial charge is 0.155 e. The van der Waals surface area contributed by atoms with Crippen molar-refractivity contribution in [3.8, 4) is 0 Å². The van der Waals surface area contributed by atoms with Crippen molar-refractivity contribution in [2.24, 2.45) is 11.8 Å². The van der Waals surface area contributed by atoms with Crippen LogP contribution in [0.2, 0.25) is 0 Å². The Morgan fingerprint density at radius 2 is 2.15 bits per heavy atom. The molecule has 0 aromatic heterocycles. The van der Waals surface area contributed by atoms with Crippen molar-refractivity contribution >= 4 is 29.0 Å². The Morgan fingerprint density at radius 3 is 2.70 bits per heavy atom. The van der Waals surface area contributed by atoms with E-state index < -0.39 is 4.87 Å². The summed E-state index contributed by atoms with van der Waals surface area (Å²) in [6.45, 7) is 5.03. The molecule has 20 heavy (non-hydrogen) atoms. The van der Waals surface area contributed by atoms with E-state index in [1.54, 1.807) is 0 Å². The number of rotatable bonds is 8. The Hall–Kier alpha value is 0.210. The van der Waals surface area contributed by atoms with Crippen LogP contribution in [0, 0.1) is 11.8 Å². The molecule has 2 nitrogen and oxygen atoms in total. The second-order valence-corrected chi connectivity index (χ2v) is 7.39. The van der Waals surface area contributed by atoms with Gasteiger partial charge in [-0.25, -0.2) is 0 Å². The number of carbonyl (C=O) groups excluding carboxylic acids is 1. The number of halogens is 2. The maximum Gasteiger partial charge on any atom is 0.155 e. The van der Waals surface area contributed by atoms with Crippen molar-refractivity contribution in [2.45, 2.75) is 75.1 Å². The summed E-state index contributed by atoms with van der Waals surface area (Å²) >= 11 is 12.7. The quantitative estimate of drug-likeness (QED) is 0.484.